The van der Waals surface area contributed by atoms with Crippen molar-refractivity contribution >= 4 is 33.8 Å². The van der Waals surface area contributed by atoms with Crippen LogP contribution in [0.2, 0.25) is 5.02 Å². The van der Waals surface area contributed by atoms with E-state index in [1.165, 1.54) is 0 Å². The number of rotatable bonds is 21. The first-order valence-electron chi connectivity index (χ1n) is 17.4. The third-order valence-electron chi connectivity index (χ3n) is 8.67. The lowest BCUT2D eigenvalue weighted by molar-refractivity contribution is 0.243. The summed E-state index contributed by atoms with van der Waals surface area (Å²) in [5, 5.41) is 0.678. The van der Waals surface area contributed by atoms with E-state index in [-0.39, 0.29) is 0 Å². The first-order chi connectivity index (χ1) is 22.9. The second kappa shape index (κ2) is 19.3. The summed E-state index contributed by atoms with van der Waals surface area (Å²) in [7, 11) is 0. The molecule has 0 aliphatic carbocycles. The van der Waals surface area contributed by atoms with Gasteiger partial charge in [0.25, 0.3) is 0 Å². The number of imidazole rings is 1. The minimum Gasteiger partial charge on any atom is -0.611 e. The number of fused-ring (bicyclic) bond motifs is 1. The van der Waals surface area contributed by atoms with Gasteiger partial charge < -0.3 is 28.4 Å². The van der Waals surface area contributed by atoms with Gasteiger partial charge >= 0.3 is 0 Å². The van der Waals surface area contributed by atoms with Gasteiger partial charge in [-0.25, -0.2) is 4.98 Å². The Morgan fingerprint density at radius 2 is 1.40 bits per heavy atom. The fourth-order valence-electron chi connectivity index (χ4n) is 5.72. The summed E-state index contributed by atoms with van der Waals surface area (Å²) < 4.78 is 28.3. The van der Waals surface area contributed by atoms with Crippen molar-refractivity contribution in [1.29, 1.82) is 0 Å². The van der Waals surface area contributed by atoms with Gasteiger partial charge in [0.2, 0.25) is 0 Å². The molecule has 7 nitrogen and oxygen atoms in total. The predicted octanol–water partition coefficient (Wildman–Crippen LogP) is 8.69. The van der Waals surface area contributed by atoms with Crippen LogP contribution in [0.15, 0.2) is 65.6 Å². The molecule has 0 saturated heterocycles. The third kappa shape index (κ3) is 10.6. The number of halogens is 1. The first kappa shape index (κ1) is 37.1. The van der Waals surface area contributed by atoms with Crippen molar-refractivity contribution in [3.63, 3.8) is 0 Å². The van der Waals surface area contributed by atoms with Crippen LogP contribution in [0.4, 0.5) is 0 Å². The molecule has 0 spiro atoms. The Morgan fingerprint density at radius 3 is 2.00 bits per heavy atom. The molecule has 4 rings (SSSR count). The van der Waals surface area contributed by atoms with E-state index in [4.69, 9.17) is 26.1 Å². The van der Waals surface area contributed by atoms with Crippen molar-refractivity contribution in [3.05, 3.63) is 71.2 Å². The average Bonchev–Trinajstić information content (AvgIpc) is 3.46. The number of aryl methyl sites for hydroxylation is 1. The fraction of sp³-hybridized carbons (Fsp3) is 0.500. The van der Waals surface area contributed by atoms with Crippen LogP contribution in [-0.2, 0) is 23.5 Å². The van der Waals surface area contributed by atoms with Crippen LogP contribution in [0, 0.1) is 0 Å². The van der Waals surface area contributed by atoms with E-state index < -0.39 is 11.2 Å². The highest BCUT2D eigenvalue weighted by atomic mass is 35.5. The number of aromatic nitrogens is 2. The van der Waals surface area contributed by atoms with Crippen molar-refractivity contribution < 1.29 is 14.0 Å². The Kier molecular flexibility index (Phi) is 15.2. The molecule has 3 aromatic carbocycles. The molecule has 0 bridgehead atoms. The summed E-state index contributed by atoms with van der Waals surface area (Å²) in [6.07, 6.45) is 4.00. The Balaban J connectivity index is 1.62. The summed E-state index contributed by atoms with van der Waals surface area (Å²) in [5.74, 6) is 2.90. The van der Waals surface area contributed by atoms with Crippen molar-refractivity contribution in [2.45, 2.75) is 77.5 Å². The number of hydrogen-bond donors (Lipinski definition) is 0. The molecule has 256 valence electrons. The van der Waals surface area contributed by atoms with E-state index in [1.54, 1.807) is 0 Å². The standard InChI is InChI=1S/C38H53ClN4O3S/c1-6-11-24-43-35-27-33(45-25-12-22-41(7-2)8-3)28-36(46-26-13-23-42(9-4)10-5)37(35)40-38(43)31-16-20-34(21-17-31)47(44)29-30-14-18-32(39)19-15-30/h14-21,27-28H,6-13,22-26,29H2,1-5H3. The monoisotopic (exact) mass is 680 g/mol. The van der Waals surface area contributed by atoms with E-state index in [0.717, 1.165) is 116 Å². The summed E-state index contributed by atoms with van der Waals surface area (Å²) in [5.41, 5.74) is 3.85. The largest absolute Gasteiger partial charge is 0.611 e. The average molecular weight is 681 g/mol. The SMILES string of the molecule is CCCCn1c(-c2ccc([S+]([O-])Cc3ccc(Cl)cc3)cc2)nc2c(OCCCN(CC)CC)cc(OCCCN(CC)CC)cc21. The molecular formula is C38H53ClN4O3S. The van der Waals surface area contributed by atoms with Gasteiger partial charge in [0, 0.05) is 47.9 Å². The molecule has 0 N–H and O–H groups in total. The van der Waals surface area contributed by atoms with Gasteiger partial charge in [-0.15, -0.1) is 0 Å². The van der Waals surface area contributed by atoms with Crippen molar-refractivity contribution in [2.24, 2.45) is 0 Å². The molecule has 0 saturated carbocycles. The van der Waals surface area contributed by atoms with Crippen LogP contribution >= 0.6 is 11.6 Å². The zero-order valence-electron chi connectivity index (χ0n) is 29.0. The molecule has 0 radical (unpaired) electrons. The zero-order chi connectivity index (χ0) is 33.6. The van der Waals surface area contributed by atoms with Gasteiger partial charge in [0.05, 0.1) is 18.7 Å². The molecule has 4 aromatic rings. The Morgan fingerprint density at radius 1 is 0.787 bits per heavy atom. The van der Waals surface area contributed by atoms with E-state index in [1.807, 2.05) is 54.6 Å². The number of hydrogen-bond acceptors (Lipinski definition) is 6. The summed E-state index contributed by atoms with van der Waals surface area (Å²) in [6.45, 7) is 19.3. The number of benzene rings is 3. The lowest BCUT2D eigenvalue weighted by Gasteiger charge is -2.18. The van der Waals surface area contributed by atoms with Crippen molar-refractivity contribution in [1.82, 2.24) is 19.4 Å². The van der Waals surface area contributed by atoms with Crippen LogP contribution < -0.4 is 9.47 Å². The number of ether oxygens (including phenoxy) is 2. The molecule has 1 unspecified atom stereocenters. The maximum Gasteiger partial charge on any atom is 0.153 e. The molecule has 0 aliphatic rings. The van der Waals surface area contributed by atoms with Gasteiger partial charge in [-0.2, -0.15) is 0 Å². The Labute approximate surface area is 290 Å². The maximum atomic E-state index is 13.2. The van der Waals surface area contributed by atoms with Crippen LogP contribution in [0.5, 0.6) is 11.5 Å². The van der Waals surface area contributed by atoms with Gasteiger partial charge in [-0.3, -0.25) is 0 Å². The van der Waals surface area contributed by atoms with E-state index in [0.29, 0.717) is 24.0 Å². The molecule has 1 heterocycles. The number of unbranched alkanes of at least 4 members (excludes halogenated alkanes) is 1. The zero-order valence-corrected chi connectivity index (χ0v) is 30.5. The van der Waals surface area contributed by atoms with Crippen molar-refractivity contribution in [2.75, 3.05) is 52.5 Å². The minimum absolute atomic E-state index is 0.443. The predicted molar refractivity (Wildman–Crippen MR) is 197 cm³/mol. The van der Waals surface area contributed by atoms with Gasteiger partial charge in [-0.1, -0.05) is 64.8 Å². The third-order valence-corrected chi connectivity index (χ3v) is 10.3. The lowest BCUT2D eigenvalue weighted by Crippen LogP contribution is -2.25. The van der Waals surface area contributed by atoms with E-state index >= 15 is 0 Å². The smallest absolute Gasteiger partial charge is 0.153 e. The van der Waals surface area contributed by atoms with Gasteiger partial charge in [0.1, 0.15) is 22.8 Å². The highest BCUT2D eigenvalue weighted by Gasteiger charge is 2.20. The molecule has 0 fully saturated rings. The normalized spacial score (nSPS) is 12.4. The molecule has 0 amide bonds. The summed E-state index contributed by atoms with van der Waals surface area (Å²) >= 11 is 4.86. The van der Waals surface area contributed by atoms with Crippen LogP contribution in [0.1, 0.15) is 65.9 Å². The van der Waals surface area contributed by atoms with Crippen molar-refractivity contribution in [3.8, 4) is 22.9 Å². The van der Waals surface area contributed by atoms with E-state index in [9.17, 15) is 4.55 Å². The quantitative estimate of drug-likeness (QED) is 0.0648. The second-order valence-electron chi connectivity index (χ2n) is 11.8. The Hall–Kier alpha value is -2.75. The summed E-state index contributed by atoms with van der Waals surface area (Å²) in [6, 6.07) is 19.7. The van der Waals surface area contributed by atoms with Crippen LogP contribution in [0.3, 0.4) is 0 Å². The molecule has 47 heavy (non-hydrogen) atoms. The first-order valence-corrected chi connectivity index (χ1v) is 19.1. The molecule has 0 aliphatic heterocycles. The van der Waals surface area contributed by atoms with E-state index in [2.05, 4.69) is 55.1 Å². The van der Waals surface area contributed by atoms with Crippen LogP contribution in [0.25, 0.3) is 22.4 Å². The number of nitrogens with zero attached hydrogens (tertiary/aromatic N) is 4. The summed E-state index contributed by atoms with van der Waals surface area (Å²) in [4.78, 5) is 10.8. The molecule has 9 heteroatoms. The van der Waals surface area contributed by atoms with Crippen LogP contribution in [-0.4, -0.2) is 76.4 Å². The minimum atomic E-state index is -1.17. The maximum absolute atomic E-state index is 13.2. The lowest BCUT2D eigenvalue weighted by atomic mass is 10.2. The highest BCUT2D eigenvalue weighted by molar-refractivity contribution is 7.90. The second-order valence-corrected chi connectivity index (χ2v) is 13.7. The molecule has 1 atom stereocenters. The fourth-order valence-corrected chi connectivity index (χ4v) is 6.95. The Bertz CT molecular complexity index is 1490. The topological polar surface area (TPSA) is 65.8 Å². The highest BCUT2D eigenvalue weighted by Crippen LogP contribution is 2.35. The molecular weight excluding hydrogens is 628 g/mol. The van der Waals surface area contributed by atoms with Gasteiger partial charge in [0.15, 0.2) is 10.6 Å². The molecule has 1 aromatic heterocycles. The van der Waals surface area contributed by atoms with Gasteiger partial charge in [-0.05, 0) is 93.0 Å².